The summed E-state index contributed by atoms with van der Waals surface area (Å²) in [6, 6.07) is 7.56. The van der Waals surface area contributed by atoms with Crippen LogP contribution in [0.15, 0.2) is 39.5 Å². The molecule has 0 fully saturated rings. The molecule has 0 saturated carbocycles. The van der Waals surface area contributed by atoms with Gasteiger partial charge in [0.15, 0.2) is 4.67 Å². The van der Waals surface area contributed by atoms with Crippen LogP contribution in [0.4, 0.5) is 0 Å². The average Bonchev–Trinajstić information content (AvgIpc) is 2.65. The van der Waals surface area contributed by atoms with Crippen molar-refractivity contribution < 1.29 is 9.15 Å². The molecule has 0 unspecified atom stereocenters. The van der Waals surface area contributed by atoms with Gasteiger partial charge in [-0.15, -0.1) is 0 Å². The zero-order chi connectivity index (χ0) is 9.97. The van der Waals surface area contributed by atoms with E-state index in [1.165, 1.54) is 0 Å². The Balaban J connectivity index is 2.41. The van der Waals surface area contributed by atoms with Crippen molar-refractivity contribution in [1.29, 1.82) is 0 Å². The molecule has 72 valence electrons. The van der Waals surface area contributed by atoms with E-state index in [1.54, 1.807) is 13.3 Å². The van der Waals surface area contributed by atoms with Crippen LogP contribution in [-0.4, -0.2) is 12.1 Å². The summed E-state index contributed by atoms with van der Waals surface area (Å²) in [6.45, 7) is 0. The molecule has 0 aliphatic carbocycles. The molecule has 0 aliphatic rings. The summed E-state index contributed by atoms with van der Waals surface area (Å²) in [4.78, 5) is 4.09. The van der Waals surface area contributed by atoms with Crippen molar-refractivity contribution in [2.45, 2.75) is 0 Å². The maximum absolute atomic E-state index is 5.32. The predicted octanol–water partition coefficient (Wildman–Crippen LogP) is 3.11. The highest BCUT2D eigenvalue weighted by atomic mass is 79.9. The maximum Gasteiger partial charge on any atom is 0.227 e. The Morgan fingerprint density at radius 2 is 2.29 bits per heavy atom. The first-order valence-electron chi connectivity index (χ1n) is 4.05. The van der Waals surface area contributed by atoms with E-state index < -0.39 is 0 Å². The molecule has 14 heavy (non-hydrogen) atoms. The molecule has 2 aromatic rings. The fraction of sp³-hybridized carbons (Fsp3) is 0.100. The normalized spacial score (nSPS) is 10.1. The molecule has 1 heterocycles. The highest BCUT2D eigenvalue weighted by molar-refractivity contribution is 9.10. The van der Waals surface area contributed by atoms with E-state index >= 15 is 0 Å². The van der Waals surface area contributed by atoms with Crippen LogP contribution in [0.5, 0.6) is 5.75 Å². The number of halogens is 1. The van der Waals surface area contributed by atoms with Crippen LogP contribution in [0.25, 0.3) is 11.5 Å². The van der Waals surface area contributed by atoms with Gasteiger partial charge in [-0.1, -0.05) is 6.07 Å². The Bertz CT molecular complexity index is 439. The zero-order valence-corrected chi connectivity index (χ0v) is 9.11. The van der Waals surface area contributed by atoms with Crippen molar-refractivity contribution in [3.63, 3.8) is 0 Å². The van der Waals surface area contributed by atoms with E-state index in [-0.39, 0.29) is 0 Å². The first kappa shape index (κ1) is 9.27. The molecule has 4 heteroatoms. The standard InChI is InChI=1S/C10H8BrNO2/c1-13-8-4-2-3-7(5-8)10-12-6-9(11)14-10/h2-6H,1H3. The van der Waals surface area contributed by atoms with Gasteiger partial charge >= 0.3 is 0 Å². The summed E-state index contributed by atoms with van der Waals surface area (Å²) in [6.07, 6.45) is 1.62. The molecule has 2 rings (SSSR count). The largest absolute Gasteiger partial charge is 0.497 e. The first-order valence-corrected chi connectivity index (χ1v) is 4.84. The van der Waals surface area contributed by atoms with Crippen molar-refractivity contribution in [3.05, 3.63) is 35.1 Å². The van der Waals surface area contributed by atoms with Gasteiger partial charge in [-0.05, 0) is 34.1 Å². The number of hydrogen-bond acceptors (Lipinski definition) is 3. The van der Waals surface area contributed by atoms with Crippen LogP contribution in [0, 0.1) is 0 Å². The fourth-order valence-corrected chi connectivity index (χ4v) is 1.40. The topological polar surface area (TPSA) is 35.3 Å². The molecule has 0 atom stereocenters. The smallest absolute Gasteiger partial charge is 0.227 e. The van der Waals surface area contributed by atoms with E-state index in [2.05, 4.69) is 20.9 Å². The quantitative estimate of drug-likeness (QED) is 0.825. The lowest BCUT2D eigenvalue weighted by atomic mass is 10.2. The molecule has 3 nitrogen and oxygen atoms in total. The maximum atomic E-state index is 5.32. The number of oxazole rings is 1. The van der Waals surface area contributed by atoms with E-state index in [9.17, 15) is 0 Å². The van der Waals surface area contributed by atoms with Gasteiger partial charge in [-0.25, -0.2) is 4.98 Å². The number of rotatable bonds is 2. The van der Waals surface area contributed by atoms with Crippen LogP contribution in [0.3, 0.4) is 0 Å². The summed E-state index contributed by atoms with van der Waals surface area (Å²) in [5, 5.41) is 0. The molecule has 0 radical (unpaired) electrons. The van der Waals surface area contributed by atoms with Gasteiger partial charge in [0, 0.05) is 5.56 Å². The minimum atomic E-state index is 0.579. The van der Waals surface area contributed by atoms with Crippen LogP contribution in [0.2, 0.25) is 0 Å². The summed E-state index contributed by atoms with van der Waals surface area (Å²) < 4.78 is 11.0. The minimum Gasteiger partial charge on any atom is -0.497 e. The Labute approximate surface area is 89.8 Å². The Kier molecular flexibility index (Phi) is 2.54. The minimum absolute atomic E-state index is 0.579. The van der Waals surface area contributed by atoms with Crippen LogP contribution < -0.4 is 4.74 Å². The summed E-state index contributed by atoms with van der Waals surface area (Å²) in [5.74, 6) is 1.37. The summed E-state index contributed by atoms with van der Waals surface area (Å²) >= 11 is 3.20. The number of hydrogen-bond donors (Lipinski definition) is 0. The molecule has 0 aliphatic heterocycles. The van der Waals surface area contributed by atoms with Crippen LogP contribution >= 0.6 is 15.9 Å². The van der Waals surface area contributed by atoms with E-state index in [0.29, 0.717) is 10.6 Å². The highest BCUT2D eigenvalue weighted by Crippen LogP contribution is 2.24. The van der Waals surface area contributed by atoms with Gasteiger partial charge in [-0.2, -0.15) is 0 Å². The van der Waals surface area contributed by atoms with E-state index in [1.807, 2.05) is 24.3 Å². The Morgan fingerprint density at radius 1 is 1.43 bits per heavy atom. The van der Waals surface area contributed by atoms with Crippen molar-refractivity contribution in [3.8, 4) is 17.2 Å². The molecule has 0 N–H and O–H groups in total. The molecule has 0 amide bonds. The van der Waals surface area contributed by atoms with Crippen molar-refractivity contribution in [1.82, 2.24) is 4.98 Å². The number of methoxy groups -OCH3 is 1. The number of nitrogens with zero attached hydrogens (tertiary/aromatic N) is 1. The molecular formula is C10H8BrNO2. The lowest BCUT2D eigenvalue weighted by Gasteiger charge is -2.00. The Morgan fingerprint density at radius 3 is 2.93 bits per heavy atom. The molecule has 0 bridgehead atoms. The lowest BCUT2D eigenvalue weighted by molar-refractivity contribution is 0.414. The number of benzene rings is 1. The monoisotopic (exact) mass is 253 g/mol. The number of ether oxygens (including phenoxy) is 1. The second-order valence-electron chi connectivity index (χ2n) is 2.70. The summed E-state index contributed by atoms with van der Waals surface area (Å²) in [5.41, 5.74) is 0.898. The van der Waals surface area contributed by atoms with Crippen LogP contribution in [-0.2, 0) is 0 Å². The van der Waals surface area contributed by atoms with E-state index in [0.717, 1.165) is 11.3 Å². The molecule has 0 saturated heterocycles. The van der Waals surface area contributed by atoms with Gasteiger partial charge < -0.3 is 9.15 Å². The average molecular weight is 254 g/mol. The first-order chi connectivity index (χ1) is 6.79. The van der Waals surface area contributed by atoms with Gasteiger partial charge in [0.2, 0.25) is 5.89 Å². The SMILES string of the molecule is COc1cccc(-c2ncc(Br)o2)c1. The van der Waals surface area contributed by atoms with Gasteiger partial charge in [0.25, 0.3) is 0 Å². The summed E-state index contributed by atoms with van der Waals surface area (Å²) in [7, 11) is 1.63. The zero-order valence-electron chi connectivity index (χ0n) is 7.53. The van der Waals surface area contributed by atoms with Crippen molar-refractivity contribution >= 4 is 15.9 Å². The lowest BCUT2D eigenvalue weighted by Crippen LogP contribution is -1.83. The van der Waals surface area contributed by atoms with Gasteiger partial charge in [0.1, 0.15) is 5.75 Å². The Hall–Kier alpha value is -1.29. The fourth-order valence-electron chi connectivity index (χ4n) is 1.14. The van der Waals surface area contributed by atoms with Crippen LogP contribution in [0.1, 0.15) is 0 Å². The molecule has 1 aromatic carbocycles. The third kappa shape index (κ3) is 1.80. The third-order valence-electron chi connectivity index (χ3n) is 1.79. The van der Waals surface area contributed by atoms with Crippen molar-refractivity contribution in [2.75, 3.05) is 7.11 Å². The highest BCUT2D eigenvalue weighted by Gasteiger charge is 2.05. The second kappa shape index (κ2) is 3.84. The van der Waals surface area contributed by atoms with E-state index in [4.69, 9.17) is 9.15 Å². The molecule has 0 spiro atoms. The molecule has 1 aromatic heterocycles. The third-order valence-corrected chi connectivity index (χ3v) is 2.16. The second-order valence-corrected chi connectivity index (χ2v) is 3.48. The molecular weight excluding hydrogens is 246 g/mol. The van der Waals surface area contributed by atoms with Gasteiger partial charge in [-0.3, -0.25) is 0 Å². The predicted molar refractivity (Wildman–Crippen MR) is 56.2 cm³/mol. The van der Waals surface area contributed by atoms with Crippen molar-refractivity contribution in [2.24, 2.45) is 0 Å². The van der Waals surface area contributed by atoms with Gasteiger partial charge in [0.05, 0.1) is 13.3 Å². The number of aromatic nitrogens is 1.